The smallest absolute Gasteiger partial charge is 0.0595 e. The number of aliphatic hydroxyl groups is 1. The lowest BCUT2D eigenvalue weighted by Gasteiger charge is -2.39. The lowest BCUT2D eigenvalue weighted by atomic mass is 9.90. The summed E-state index contributed by atoms with van der Waals surface area (Å²) in [5.41, 5.74) is 0. The van der Waals surface area contributed by atoms with Crippen LogP contribution in [0.2, 0.25) is 0 Å². The minimum Gasteiger partial charge on any atom is -0.393 e. The van der Waals surface area contributed by atoms with Crippen LogP contribution in [0.3, 0.4) is 0 Å². The number of rotatable bonds is 0. The molecule has 4 atom stereocenters. The molecular weight excluding hydrogens is 138 g/mol. The van der Waals surface area contributed by atoms with Crippen molar-refractivity contribution in [3.63, 3.8) is 0 Å². The molecule has 0 radical (unpaired) electrons. The first-order valence-electron chi connectivity index (χ1n) is 4.60. The van der Waals surface area contributed by atoms with Gasteiger partial charge in [-0.25, -0.2) is 0 Å². The fourth-order valence-electron chi connectivity index (χ4n) is 2.71. The van der Waals surface area contributed by atoms with Gasteiger partial charge in [-0.05, 0) is 32.2 Å². The Morgan fingerprint density at radius 3 is 2.82 bits per heavy atom. The zero-order valence-electron chi connectivity index (χ0n) is 7.33. The largest absolute Gasteiger partial charge is 0.393 e. The molecule has 4 unspecified atom stereocenters. The normalized spacial score (nSPS) is 51.5. The number of hydrogen-bond acceptors (Lipinski definition) is 2. The number of piperidine rings is 1. The highest BCUT2D eigenvalue weighted by Gasteiger charge is 2.42. The first-order valence-corrected chi connectivity index (χ1v) is 4.60. The van der Waals surface area contributed by atoms with E-state index in [-0.39, 0.29) is 6.10 Å². The van der Waals surface area contributed by atoms with Crippen molar-refractivity contribution in [2.24, 2.45) is 5.92 Å². The van der Waals surface area contributed by atoms with Crippen LogP contribution in [0.5, 0.6) is 0 Å². The van der Waals surface area contributed by atoms with Gasteiger partial charge in [0.05, 0.1) is 6.10 Å². The van der Waals surface area contributed by atoms with Crippen molar-refractivity contribution in [2.45, 2.75) is 44.4 Å². The van der Waals surface area contributed by atoms with Crippen LogP contribution < -0.4 is 0 Å². The van der Waals surface area contributed by atoms with E-state index in [0.29, 0.717) is 18.0 Å². The molecule has 0 aliphatic carbocycles. The molecular formula is C9H17NO. The summed E-state index contributed by atoms with van der Waals surface area (Å²) in [6.07, 6.45) is 3.54. The highest BCUT2D eigenvalue weighted by molar-refractivity contribution is 4.97. The van der Waals surface area contributed by atoms with E-state index in [0.717, 1.165) is 6.42 Å². The minimum absolute atomic E-state index is 0.0382. The van der Waals surface area contributed by atoms with Crippen molar-refractivity contribution in [1.82, 2.24) is 4.90 Å². The Labute approximate surface area is 68.2 Å². The molecule has 2 fully saturated rings. The van der Waals surface area contributed by atoms with Crippen molar-refractivity contribution in [2.75, 3.05) is 7.05 Å². The van der Waals surface area contributed by atoms with Crippen molar-refractivity contribution < 1.29 is 5.11 Å². The average Bonchev–Trinajstić information content (AvgIpc) is 2.23. The van der Waals surface area contributed by atoms with Gasteiger partial charge in [0.25, 0.3) is 0 Å². The minimum atomic E-state index is -0.0382. The van der Waals surface area contributed by atoms with Crippen LogP contribution in [0, 0.1) is 5.92 Å². The van der Waals surface area contributed by atoms with Crippen LogP contribution >= 0.6 is 0 Å². The molecule has 2 bridgehead atoms. The van der Waals surface area contributed by atoms with E-state index >= 15 is 0 Å². The van der Waals surface area contributed by atoms with Gasteiger partial charge in [0, 0.05) is 12.1 Å². The summed E-state index contributed by atoms with van der Waals surface area (Å²) in [5.74, 6) is 0.485. The molecule has 2 rings (SSSR count). The maximum absolute atomic E-state index is 9.65. The topological polar surface area (TPSA) is 23.5 Å². The monoisotopic (exact) mass is 155 g/mol. The zero-order valence-corrected chi connectivity index (χ0v) is 7.33. The van der Waals surface area contributed by atoms with E-state index in [1.165, 1.54) is 12.8 Å². The lowest BCUT2D eigenvalue weighted by Crippen LogP contribution is -2.47. The van der Waals surface area contributed by atoms with Crippen LogP contribution in [0.25, 0.3) is 0 Å². The van der Waals surface area contributed by atoms with Gasteiger partial charge in [-0.3, -0.25) is 0 Å². The summed E-state index contributed by atoms with van der Waals surface area (Å²) in [6, 6.07) is 1.33. The highest BCUT2D eigenvalue weighted by atomic mass is 16.3. The summed E-state index contributed by atoms with van der Waals surface area (Å²) in [4.78, 5) is 2.46. The second kappa shape index (κ2) is 2.46. The van der Waals surface area contributed by atoms with Gasteiger partial charge in [-0.15, -0.1) is 0 Å². The maximum Gasteiger partial charge on any atom is 0.0595 e. The first-order chi connectivity index (χ1) is 5.20. The summed E-state index contributed by atoms with van der Waals surface area (Å²) in [7, 11) is 2.20. The second-order valence-corrected chi connectivity index (χ2v) is 4.13. The van der Waals surface area contributed by atoms with Gasteiger partial charge in [-0.1, -0.05) is 6.92 Å². The average molecular weight is 155 g/mol. The predicted molar refractivity (Wildman–Crippen MR) is 44.4 cm³/mol. The van der Waals surface area contributed by atoms with Crippen molar-refractivity contribution in [1.29, 1.82) is 0 Å². The summed E-state index contributed by atoms with van der Waals surface area (Å²) < 4.78 is 0. The third kappa shape index (κ3) is 1.00. The third-order valence-corrected chi connectivity index (χ3v) is 3.62. The molecule has 2 saturated heterocycles. The Bertz CT molecular complexity index is 160. The fourth-order valence-corrected chi connectivity index (χ4v) is 2.71. The highest BCUT2D eigenvalue weighted by Crippen LogP contribution is 2.37. The van der Waals surface area contributed by atoms with Crippen molar-refractivity contribution >= 4 is 0 Å². The number of fused-ring (bicyclic) bond motifs is 2. The number of aliphatic hydroxyl groups excluding tert-OH is 1. The molecule has 0 amide bonds. The van der Waals surface area contributed by atoms with E-state index in [9.17, 15) is 5.11 Å². The van der Waals surface area contributed by atoms with E-state index in [2.05, 4.69) is 18.9 Å². The Morgan fingerprint density at radius 1 is 1.36 bits per heavy atom. The SMILES string of the molecule is CC1C(O)CC2CCC1N2C. The molecule has 1 N–H and O–H groups in total. The Kier molecular flexibility index (Phi) is 1.69. The molecule has 0 aromatic rings. The number of nitrogens with zero attached hydrogens (tertiary/aromatic N) is 1. The van der Waals surface area contributed by atoms with E-state index in [1.807, 2.05) is 0 Å². The molecule has 64 valence electrons. The van der Waals surface area contributed by atoms with Gasteiger partial charge in [0.2, 0.25) is 0 Å². The van der Waals surface area contributed by atoms with Crippen LogP contribution in [0.4, 0.5) is 0 Å². The Balaban J connectivity index is 2.16. The van der Waals surface area contributed by atoms with E-state index < -0.39 is 0 Å². The first kappa shape index (κ1) is 7.56. The summed E-state index contributed by atoms with van der Waals surface area (Å²) >= 11 is 0. The van der Waals surface area contributed by atoms with Crippen LogP contribution in [-0.4, -0.2) is 35.2 Å². The maximum atomic E-state index is 9.65. The van der Waals surface area contributed by atoms with E-state index in [1.54, 1.807) is 0 Å². The van der Waals surface area contributed by atoms with Crippen LogP contribution in [0.15, 0.2) is 0 Å². The number of hydrogen-bond donors (Lipinski definition) is 1. The third-order valence-electron chi connectivity index (χ3n) is 3.62. The molecule has 2 aliphatic heterocycles. The van der Waals surface area contributed by atoms with Crippen LogP contribution in [-0.2, 0) is 0 Å². The van der Waals surface area contributed by atoms with Gasteiger partial charge < -0.3 is 10.0 Å². The molecule has 2 heterocycles. The lowest BCUT2D eigenvalue weighted by molar-refractivity contribution is 0.00159. The predicted octanol–water partition coefficient (Wildman–Crippen LogP) is 0.850. The Hall–Kier alpha value is -0.0800. The van der Waals surface area contributed by atoms with Gasteiger partial charge in [0.1, 0.15) is 0 Å². The molecule has 2 nitrogen and oxygen atoms in total. The molecule has 0 aromatic heterocycles. The fraction of sp³-hybridized carbons (Fsp3) is 1.00. The standard InChI is InChI=1S/C9H17NO/c1-6-8-4-3-7(10(8)2)5-9(6)11/h6-9,11H,3-5H2,1-2H3. The Morgan fingerprint density at radius 2 is 2.09 bits per heavy atom. The molecule has 2 heteroatoms. The summed E-state index contributed by atoms with van der Waals surface area (Å²) in [5, 5.41) is 9.65. The van der Waals surface area contributed by atoms with Crippen LogP contribution in [0.1, 0.15) is 26.2 Å². The zero-order chi connectivity index (χ0) is 8.01. The molecule has 0 spiro atoms. The van der Waals surface area contributed by atoms with Gasteiger partial charge in [0.15, 0.2) is 0 Å². The molecule has 0 saturated carbocycles. The van der Waals surface area contributed by atoms with Crippen molar-refractivity contribution in [3.8, 4) is 0 Å². The summed E-state index contributed by atoms with van der Waals surface area (Å²) in [6.45, 7) is 2.17. The molecule has 11 heavy (non-hydrogen) atoms. The van der Waals surface area contributed by atoms with E-state index in [4.69, 9.17) is 0 Å². The van der Waals surface area contributed by atoms with Gasteiger partial charge in [-0.2, -0.15) is 0 Å². The molecule has 2 aliphatic rings. The quantitative estimate of drug-likeness (QED) is 0.560. The second-order valence-electron chi connectivity index (χ2n) is 4.13. The van der Waals surface area contributed by atoms with Crippen molar-refractivity contribution in [3.05, 3.63) is 0 Å². The molecule has 0 aromatic carbocycles. The van der Waals surface area contributed by atoms with Gasteiger partial charge >= 0.3 is 0 Å².